The summed E-state index contributed by atoms with van der Waals surface area (Å²) in [5, 5.41) is 1.25. The summed E-state index contributed by atoms with van der Waals surface area (Å²) in [6.07, 6.45) is 3.45. The molecule has 0 bridgehead atoms. The molecule has 5 rings (SSSR count). The van der Waals surface area contributed by atoms with E-state index in [1.54, 1.807) is 35.5 Å². The monoisotopic (exact) mass is 437 g/mol. The third-order valence-electron chi connectivity index (χ3n) is 4.90. The number of aryl methyl sites for hydroxylation is 1. The Labute approximate surface area is 181 Å². The van der Waals surface area contributed by atoms with Crippen molar-refractivity contribution in [2.75, 3.05) is 11.7 Å². The van der Waals surface area contributed by atoms with Crippen LogP contribution in [0.25, 0.3) is 10.2 Å². The highest BCUT2D eigenvalue weighted by Gasteiger charge is 2.25. The van der Waals surface area contributed by atoms with Gasteiger partial charge in [-0.05, 0) is 54.4 Å². The fraction of sp³-hybridized carbons (Fsp3) is 0.136. The van der Waals surface area contributed by atoms with Gasteiger partial charge in [0.05, 0.1) is 16.8 Å². The van der Waals surface area contributed by atoms with Gasteiger partial charge in [-0.3, -0.25) is 14.7 Å². The van der Waals surface area contributed by atoms with Crippen molar-refractivity contribution >= 4 is 44.2 Å². The highest BCUT2D eigenvalue weighted by atomic mass is 35.5. The van der Waals surface area contributed by atoms with Crippen LogP contribution in [-0.2, 0) is 6.54 Å². The molecule has 0 radical (unpaired) electrons. The third kappa shape index (κ3) is 3.36. The minimum Gasteiger partial charge on any atom is -0.454 e. The second-order valence-electron chi connectivity index (χ2n) is 6.84. The average Bonchev–Trinajstić information content (AvgIpc) is 3.41. The smallest absolute Gasteiger partial charge is 0.260 e. The van der Waals surface area contributed by atoms with E-state index in [0.717, 1.165) is 21.3 Å². The normalized spacial score (nSPS) is 12.3. The molecule has 0 saturated heterocycles. The number of thiazole rings is 1. The predicted octanol–water partition coefficient (Wildman–Crippen LogP) is 5.23. The lowest BCUT2D eigenvalue weighted by atomic mass is 10.1. The van der Waals surface area contributed by atoms with Crippen LogP contribution < -0.4 is 14.4 Å². The molecule has 0 unspecified atom stereocenters. The van der Waals surface area contributed by atoms with E-state index >= 15 is 0 Å². The molecule has 4 aromatic rings. The molecule has 0 aliphatic carbocycles. The van der Waals surface area contributed by atoms with Gasteiger partial charge in [0.25, 0.3) is 5.91 Å². The van der Waals surface area contributed by atoms with Crippen molar-refractivity contribution in [2.24, 2.45) is 0 Å². The van der Waals surface area contributed by atoms with E-state index in [9.17, 15) is 4.79 Å². The first-order valence-corrected chi connectivity index (χ1v) is 10.5. The first kappa shape index (κ1) is 18.8. The molecule has 0 spiro atoms. The highest BCUT2D eigenvalue weighted by molar-refractivity contribution is 7.22. The molecule has 1 aliphatic rings. The van der Waals surface area contributed by atoms with Crippen LogP contribution in [0.15, 0.2) is 54.9 Å². The van der Waals surface area contributed by atoms with E-state index in [1.807, 2.05) is 31.2 Å². The summed E-state index contributed by atoms with van der Waals surface area (Å²) < 4.78 is 11.8. The van der Waals surface area contributed by atoms with Crippen molar-refractivity contribution in [2.45, 2.75) is 13.5 Å². The van der Waals surface area contributed by atoms with Gasteiger partial charge in [-0.25, -0.2) is 4.98 Å². The minimum absolute atomic E-state index is 0.157. The lowest BCUT2D eigenvalue weighted by molar-refractivity contribution is 0.0984. The van der Waals surface area contributed by atoms with E-state index in [2.05, 4.69) is 4.98 Å². The largest absolute Gasteiger partial charge is 0.454 e. The van der Waals surface area contributed by atoms with Crippen LogP contribution in [-0.4, -0.2) is 22.7 Å². The Balaban J connectivity index is 1.58. The number of ether oxygens (including phenoxy) is 2. The van der Waals surface area contributed by atoms with Gasteiger partial charge in [0, 0.05) is 23.0 Å². The molecular weight excluding hydrogens is 422 g/mol. The predicted molar refractivity (Wildman–Crippen MR) is 117 cm³/mol. The van der Waals surface area contributed by atoms with E-state index in [1.165, 1.54) is 11.3 Å². The topological polar surface area (TPSA) is 64.6 Å². The van der Waals surface area contributed by atoms with Crippen LogP contribution in [0.3, 0.4) is 0 Å². The number of anilines is 1. The molecule has 0 atom stereocenters. The summed E-state index contributed by atoms with van der Waals surface area (Å²) in [4.78, 5) is 24.1. The van der Waals surface area contributed by atoms with Crippen LogP contribution in [0, 0.1) is 6.92 Å². The number of carbonyl (C=O) groups excluding carboxylic acids is 1. The van der Waals surface area contributed by atoms with Crippen molar-refractivity contribution in [1.82, 2.24) is 9.97 Å². The molecule has 2 aromatic carbocycles. The summed E-state index contributed by atoms with van der Waals surface area (Å²) in [6.45, 7) is 2.43. The van der Waals surface area contributed by atoms with Gasteiger partial charge in [0.1, 0.15) is 0 Å². The standard InChI is InChI=1S/C22H16ClN3O3S/c1-13-16(23)5-7-19-20(13)25-22(30-19)26(11-14-3-2-8-24-10-14)21(27)15-4-6-17-18(9-15)29-12-28-17/h2-10H,11-12H2,1H3. The molecule has 1 aliphatic heterocycles. The highest BCUT2D eigenvalue weighted by Crippen LogP contribution is 2.36. The molecule has 3 heterocycles. The number of hydrogen-bond donors (Lipinski definition) is 0. The van der Waals surface area contributed by atoms with Gasteiger partial charge in [-0.15, -0.1) is 0 Å². The molecule has 1 amide bonds. The maximum atomic E-state index is 13.5. The maximum absolute atomic E-state index is 13.5. The number of amides is 1. The lowest BCUT2D eigenvalue weighted by Crippen LogP contribution is -2.30. The van der Waals surface area contributed by atoms with E-state index < -0.39 is 0 Å². The molecule has 30 heavy (non-hydrogen) atoms. The summed E-state index contributed by atoms with van der Waals surface area (Å²) in [7, 11) is 0. The Hall–Kier alpha value is -3.16. The van der Waals surface area contributed by atoms with Gasteiger partial charge in [-0.1, -0.05) is 29.0 Å². The summed E-state index contributed by atoms with van der Waals surface area (Å²) in [5.74, 6) is 1.02. The molecule has 150 valence electrons. The molecule has 0 N–H and O–H groups in total. The van der Waals surface area contributed by atoms with Crippen LogP contribution in [0.5, 0.6) is 11.5 Å². The van der Waals surface area contributed by atoms with Crippen LogP contribution in [0.2, 0.25) is 5.02 Å². The first-order chi connectivity index (χ1) is 14.6. The zero-order valence-electron chi connectivity index (χ0n) is 16.0. The van der Waals surface area contributed by atoms with E-state index in [4.69, 9.17) is 26.1 Å². The molecule has 0 fully saturated rings. The Morgan fingerprint density at radius 1 is 1.20 bits per heavy atom. The van der Waals surface area contributed by atoms with E-state index in [0.29, 0.717) is 33.8 Å². The number of rotatable bonds is 4. The second-order valence-corrected chi connectivity index (χ2v) is 8.25. The number of fused-ring (bicyclic) bond motifs is 2. The number of halogens is 1. The Bertz CT molecular complexity index is 1260. The summed E-state index contributed by atoms with van der Waals surface area (Å²) in [6, 6.07) is 12.8. The summed E-state index contributed by atoms with van der Waals surface area (Å²) in [5.41, 5.74) is 3.10. The fourth-order valence-electron chi connectivity index (χ4n) is 3.29. The fourth-order valence-corrected chi connectivity index (χ4v) is 4.47. The lowest BCUT2D eigenvalue weighted by Gasteiger charge is -2.20. The van der Waals surface area contributed by atoms with Crippen molar-refractivity contribution in [3.05, 3.63) is 76.6 Å². The molecule has 6 nitrogen and oxygen atoms in total. The minimum atomic E-state index is -0.181. The van der Waals surface area contributed by atoms with Gasteiger partial charge < -0.3 is 9.47 Å². The number of hydrogen-bond acceptors (Lipinski definition) is 6. The number of aromatic nitrogens is 2. The van der Waals surface area contributed by atoms with E-state index in [-0.39, 0.29) is 12.7 Å². The number of carbonyl (C=O) groups is 1. The van der Waals surface area contributed by atoms with Gasteiger partial charge >= 0.3 is 0 Å². The molecule has 8 heteroatoms. The van der Waals surface area contributed by atoms with Crippen LogP contribution in [0.1, 0.15) is 21.5 Å². The Morgan fingerprint density at radius 3 is 2.90 bits per heavy atom. The summed E-state index contributed by atoms with van der Waals surface area (Å²) >= 11 is 7.72. The Kier molecular flexibility index (Phi) is 4.77. The van der Waals surface area contributed by atoms with Crippen molar-refractivity contribution in [3.8, 4) is 11.5 Å². The SMILES string of the molecule is Cc1c(Cl)ccc2sc(N(Cc3cccnc3)C(=O)c3ccc4c(c3)OCO4)nc12. The zero-order valence-corrected chi connectivity index (χ0v) is 17.5. The number of benzene rings is 2. The molecule has 2 aromatic heterocycles. The van der Waals surface area contributed by atoms with Crippen molar-refractivity contribution in [1.29, 1.82) is 0 Å². The molecular formula is C22H16ClN3O3S. The number of nitrogens with zero attached hydrogens (tertiary/aromatic N) is 3. The average molecular weight is 438 g/mol. The number of pyridine rings is 1. The van der Waals surface area contributed by atoms with Crippen molar-refractivity contribution in [3.63, 3.8) is 0 Å². The first-order valence-electron chi connectivity index (χ1n) is 9.26. The van der Waals surface area contributed by atoms with Crippen molar-refractivity contribution < 1.29 is 14.3 Å². The maximum Gasteiger partial charge on any atom is 0.260 e. The van der Waals surface area contributed by atoms with Gasteiger partial charge in [0.2, 0.25) is 6.79 Å². The van der Waals surface area contributed by atoms with Crippen LogP contribution >= 0.6 is 22.9 Å². The van der Waals surface area contributed by atoms with Crippen LogP contribution in [0.4, 0.5) is 5.13 Å². The third-order valence-corrected chi connectivity index (χ3v) is 6.35. The second kappa shape index (κ2) is 7.59. The Morgan fingerprint density at radius 2 is 2.07 bits per heavy atom. The van der Waals surface area contributed by atoms with Gasteiger partial charge in [-0.2, -0.15) is 0 Å². The molecule has 0 saturated carbocycles. The zero-order chi connectivity index (χ0) is 20.7. The van der Waals surface area contributed by atoms with Gasteiger partial charge in [0.15, 0.2) is 16.6 Å². The quantitative estimate of drug-likeness (QED) is 0.437.